The summed E-state index contributed by atoms with van der Waals surface area (Å²) < 4.78 is 0. The molecule has 94 valence electrons. The van der Waals surface area contributed by atoms with Gasteiger partial charge >= 0.3 is 0 Å². The Morgan fingerprint density at radius 2 is 1.50 bits per heavy atom. The fraction of sp³-hybridized carbons (Fsp3) is 0.867. The molecule has 0 nitrogen and oxygen atoms in total. The Morgan fingerprint density at radius 3 is 1.94 bits per heavy atom. The van der Waals surface area contributed by atoms with Crippen molar-refractivity contribution in [1.82, 2.24) is 0 Å². The van der Waals surface area contributed by atoms with E-state index in [0.717, 1.165) is 5.54 Å². The minimum Gasteiger partial charge on any atom is -0.0851 e. The van der Waals surface area contributed by atoms with Crippen LogP contribution < -0.4 is 0 Å². The van der Waals surface area contributed by atoms with Gasteiger partial charge in [-0.05, 0) is 31.2 Å². The summed E-state index contributed by atoms with van der Waals surface area (Å²) in [4.78, 5) is 0. The van der Waals surface area contributed by atoms with Gasteiger partial charge in [0.15, 0.2) is 0 Å². The van der Waals surface area contributed by atoms with Crippen LogP contribution in [-0.4, -0.2) is 8.07 Å². The highest BCUT2D eigenvalue weighted by molar-refractivity contribution is 6.81. The Morgan fingerprint density at radius 1 is 1.00 bits per heavy atom. The van der Waals surface area contributed by atoms with E-state index in [1.54, 1.807) is 5.57 Å². The highest BCUT2D eigenvalue weighted by atomic mass is 28.3. The molecule has 0 N–H and O–H groups in total. The van der Waals surface area contributed by atoms with E-state index < -0.39 is 8.07 Å². The molecule has 1 heteroatoms. The molecule has 0 spiro atoms. The minimum absolute atomic E-state index is 0.903. The van der Waals surface area contributed by atoms with Crippen LogP contribution in [-0.2, 0) is 0 Å². The lowest BCUT2D eigenvalue weighted by atomic mass is 9.94. The molecule has 0 aliphatic heterocycles. The van der Waals surface area contributed by atoms with Crippen LogP contribution in [0.4, 0.5) is 0 Å². The second-order valence-corrected chi connectivity index (χ2v) is 11.4. The second-order valence-electron chi connectivity index (χ2n) is 5.60. The smallest absolute Gasteiger partial charge is 0.0593 e. The van der Waals surface area contributed by atoms with Crippen molar-refractivity contribution in [2.24, 2.45) is 0 Å². The van der Waals surface area contributed by atoms with Crippen molar-refractivity contribution in [1.29, 1.82) is 0 Å². The van der Waals surface area contributed by atoms with Crippen LogP contribution in [0.5, 0.6) is 0 Å². The van der Waals surface area contributed by atoms with Crippen LogP contribution >= 0.6 is 0 Å². The first kappa shape index (κ1) is 14.0. The molecule has 0 heterocycles. The van der Waals surface area contributed by atoms with E-state index in [2.05, 4.69) is 33.8 Å². The highest BCUT2D eigenvalue weighted by Crippen LogP contribution is 2.36. The molecule has 0 radical (unpaired) electrons. The first-order valence-corrected chi connectivity index (χ1v) is 10.1. The van der Waals surface area contributed by atoms with E-state index in [-0.39, 0.29) is 0 Å². The molecule has 0 saturated heterocycles. The van der Waals surface area contributed by atoms with Crippen LogP contribution in [0.3, 0.4) is 0 Å². The summed E-state index contributed by atoms with van der Waals surface area (Å²) in [7, 11) is -0.981. The van der Waals surface area contributed by atoms with Crippen molar-refractivity contribution in [2.45, 2.75) is 83.5 Å². The fourth-order valence-corrected chi connectivity index (χ4v) is 7.44. The number of rotatable bonds is 5. The zero-order chi connectivity index (χ0) is 12.0. The predicted molar refractivity (Wildman–Crippen MR) is 77.8 cm³/mol. The second kappa shape index (κ2) is 6.63. The Bertz CT molecular complexity index is 209. The van der Waals surface area contributed by atoms with Crippen molar-refractivity contribution >= 4 is 8.07 Å². The third kappa shape index (κ3) is 3.22. The lowest BCUT2D eigenvalue weighted by Gasteiger charge is -2.34. The van der Waals surface area contributed by atoms with Crippen LogP contribution in [0, 0.1) is 0 Å². The first-order valence-electron chi connectivity index (χ1n) is 7.38. The Labute approximate surface area is 104 Å². The Kier molecular flexibility index (Phi) is 5.81. The van der Waals surface area contributed by atoms with Gasteiger partial charge in [0.2, 0.25) is 0 Å². The van der Waals surface area contributed by atoms with Crippen molar-refractivity contribution in [2.75, 3.05) is 0 Å². The third-order valence-corrected chi connectivity index (χ3v) is 11.4. The monoisotopic (exact) mass is 238 g/mol. The van der Waals surface area contributed by atoms with Gasteiger partial charge < -0.3 is 0 Å². The van der Waals surface area contributed by atoms with Gasteiger partial charge in [0.1, 0.15) is 0 Å². The Hall–Kier alpha value is -0.0431. The molecular weight excluding hydrogens is 208 g/mol. The van der Waals surface area contributed by atoms with E-state index in [1.165, 1.54) is 50.2 Å². The summed E-state index contributed by atoms with van der Waals surface area (Å²) in [6.07, 6.45) is 9.82. The van der Waals surface area contributed by atoms with Crippen LogP contribution in [0.15, 0.2) is 11.6 Å². The van der Waals surface area contributed by atoms with Gasteiger partial charge in [-0.3, -0.25) is 0 Å². The number of allylic oxidation sites excluding steroid dienone is 2. The van der Waals surface area contributed by atoms with E-state index >= 15 is 0 Å². The quantitative estimate of drug-likeness (QED) is 0.421. The largest absolute Gasteiger partial charge is 0.0851 e. The summed E-state index contributed by atoms with van der Waals surface area (Å²) in [6.45, 7) is 9.78. The maximum absolute atomic E-state index is 2.68. The van der Waals surface area contributed by atoms with Gasteiger partial charge in [0.25, 0.3) is 0 Å². The van der Waals surface area contributed by atoms with Gasteiger partial charge in [-0.25, -0.2) is 0 Å². The molecule has 0 bridgehead atoms. The standard InChI is InChI=1S/C15H30Si/c1-5-16(6-2,7-3)14(4)13-15-11-9-8-10-12-15/h13-14H,5-12H2,1-4H3. The summed E-state index contributed by atoms with van der Waals surface area (Å²) >= 11 is 0. The van der Waals surface area contributed by atoms with Gasteiger partial charge in [-0.15, -0.1) is 0 Å². The van der Waals surface area contributed by atoms with E-state index in [4.69, 9.17) is 0 Å². The van der Waals surface area contributed by atoms with Crippen molar-refractivity contribution in [3.8, 4) is 0 Å². The number of hydrogen-bond acceptors (Lipinski definition) is 0. The average Bonchev–Trinajstić information content (AvgIpc) is 2.33. The molecule has 0 aromatic heterocycles. The van der Waals surface area contributed by atoms with Crippen LogP contribution in [0.1, 0.15) is 59.8 Å². The zero-order valence-electron chi connectivity index (χ0n) is 11.8. The molecule has 1 rings (SSSR count). The summed E-state index contributed by atoms with van der Waals surface area (Å²) in [6, 6.07) is 4.39. The maximum Gasteiger partial charge on any atom is 0.0593 e. The molecule has 1 atom stereocenters. The molecule has 1 fully saturated rings. The van der Waals surface area contributed by atoms with Crippen molar-refractivity contribution < 1.29 is 0 Å². The molecule has 0 amide bonds. The topological polar surface area (TPSA) is 0 Å². The molecule has 0 aromatic rings. The molecule has 16 heavy (non-hydrogen) atoms. The SMILES string of the molecule is CC[Si](CC)(CC)C(C)C=C1CCCCC1. The van der Waals surface area contributed by atoms with Gasteiger partial charge in [0.05, 0.1) is 8.07 Å². The Balaban J connectivity index is 2.70. The summed E-state index contributed by atoms with van der Waals surface area (Å²) in [5.74, 6) is 0. The normalized spacial score (nSPS) is 19.6. The van der Waals surface area contributed by atoms with E-state index in [9.17, 15) is 0 Å². The predicted octanol–water partition coefficient (Wildman–Crippen LogP) is 5.78. The number of hydrogen-bond donors (Lipinski definition) is 0. The van der Waals surface area contributed by atoms with Crippen molar-refractivity contribution in [3.63, 3.8) is 0 Å². The molecule has 1 saturated carbocycles. The van der Waals surface area contributed by atoms with Gasteiger partial charge in [-0.2, -0.15) is 0 Å². The zero-order valence-corrected chi connectivity index (χ0v) is 12.8. The molecule has 1 aliphatic carbocycles. The van der Waals surface area contributed by atoms with Crippen LogP contribution in [0.25, 0.3) is 0 Å². The van der Waals surface area contributed by atoms with Crippen molar-refractivity contribution in [3.05, 3.63) is 11.6 Å². The summed E-state index contributed by atoms with van der Waals surface area (Å²) in [5, 5.41) is 0. The maximum atomic E-state index is 2.68. The molecule has 0 aromatic carbocycles. The lowest BCUT2D eigenvalue weighted by molar-refractivity contribution is 0.596. The fourth-order valence-electron chi connectivity index (χ4n) is 3.42. The van der Waals surface area contributed by atoms with Crippen LogP contribution in [0.2, 0.25) is 23.7 Å². The lowest BCUT2D eigenvalue weighted by Crippen LogP contribution is -2.35. The summed E-state index contributed by atoms with van der Waals surface area (Å²) in [5.41, 5.74) is 2.69. The van der Waals surface area contributed by atoms with E-state index in [1.807, 2.05) is 0 Å². The first-order chi connectivity index (χ1) is 7.68. The van der Waals surface area contributed by atoms with E-state index in [0.29, 0.717) is 0 Å². The van der Waals surface area contributed by atoms with Gasteiger partial charge in [-0.1, -0.05) is 63.9 Å². The third-order valence-electron chi connectivity index (χ3n) is 5.06. The van der Waals surface area contributed by atoms with Gasteiger partial charge in [0, 0.05) is 0 Å². The average molecular weight is 238 g/mol. The molecular formula is C15H30Si. The molecule has 1 aliphatic rings. The molecule has 1 unspecified atom stereocenters. The minimum atomic E-state index is -0.981. The highest BCUT2D eigenvalue weighted by Gasteiger charge is 2.32.